The van der Waals surface area contributed by atoms with Crippen LogP contribution in [0.3, 0.4) is 0 Å². The zero-order chi connectivity index (χ0) is 11.7. The lowest BCUT2D eigenvalue weighted by atomic mass is 10.00. The van der Waals surface area contributed by atoms with Crippen molar-refractivity contribution in [3.05, 3.63) is 52.3 Å². The van der Waals surface area contributed by atoms with Crippen molar-refractivity contribution < 1.29 is 0 Å². The lowest BCUT2D eigenvalue weighted by Crippen LogP contribution is -2.14. The van der Waals surface area contributed by atoms with Crippen LogP contribution in [0.1, 0.15) is 22.9 Å². The summed E-state index contributed by atoms with van der Waals surface area (Å²) in [5.74, 6) is 0. The molecule has 0 radical (unpaired) electrons. The summed E-state index contributed by atoms with van der Waals surface area (Å²) in [6.07, 6.45) is 1.88. The highest BCUT2D eigenvalue weighted by atomic mass is 35.5. The zero-order valence-electron chi connectivity index (χ0n) is 9.31. The molecule has 3 nitrogen and oxygen atoms in total. The van der Waals surface area contributed by atoms with Gasteiger partial charge in [0.25, 0.3) is 0 Å². The van der Waals surface area contributed by atoms with E-state index in [-0.39, 0.29) is 6.04 Å². The van der Waals surface area contributed by atoms with Crippen molar-refractivity contribution in [3.8, 4) is 0 Å². The first-order chi connectivity index (χ1) is 7.59. The Hall–Kier alpha value is -1.32. The van der Waals surface area contributed by atoms with Gasteiger partial charge in [0, 0.05) is 18.3 Å². The van der Waals surface area contributed by atoms with Crippen molar-refractivity contribution >= 4 is 11.6 Å². The topological polar surface area (TPSA) is 43.8 Å². The average molecular weight is 236 g/mol. The van der Waals surface area contributed by atoms with Gasteiger partial charge in [0.05, 0.1) is 11.7 Å². The summed E-state index contributed by atoms with van der Waals surface area (Å²) in [6.45, 7) is 1.97. The molecule has 0 spiro atoms. The molecule has 1 atom stereocenters. The number of benzene rings is 1. The highest BCUT2D eigenvalue weighted by molar-refractivity contribution is 6.31. The second-order valence-corrected chi connectivity index (χ2v) is 4.25. The Morgan fingerprint density at radius 2 is 2.12 bits per heavy atom. The molecule has 1 aromatic heterocycles. The van der Waals surface area contributed by atoms with Gasteiger partial charge in [0.15, 0.2) is 0 Å². The highest BCUT2D eigenvalue weighted by Crippen LogP contribution is 2.26. The normalized spacial score (nSPS) is 12.8. The van der Waals surface area contributed by atoms with E-state index in [0.29, 0.717) is 0 Å². The van der Waals surface area contributed by atoms with E-state index in [4.69, 9.17) is 17.3 Å². The van der Waals surface area contributed by atoms with Gasteiger partial charge in [0.1, 0.15) is 0 Å². The number of aryl methyl sites for hydroxylation is 1. The van der Waals surface area contributed by atoms with Gasteiger partial charge in [-0.25, -0.2) is 0 Å². The van der Waals surface area contributed by atoms with Crippen LogP contribution in [0, 0.1) is 6.92 Å². The minimum Gasteiger partial charge on any atom is -0.319 e. The number of aromatic nitrogens is 2. The van der Waals surface area contributed by atoms with Gasteiger partial charge < -0.3 is 5.73 Å². The summed E-state index contributed by atoms with van der Waals surface area (Å²) in [4.78, 5) is 0. The first kappa shape index (κ1) is 11.2. The number of hydrogen-bond acceptors (Lipinski definition) is 2. The maximum absolute atomic E-state index is 6.16. The molecule has 0 saturated carbocycles. The molecule has 84 valence electrons. The SMILES string of the molecule is Cc1c(Cl)cccc1C(N)c1ccn(C)n1. The quantitative estimate of drug-likeness (QED) is 0.869. The van der Waals surface area contributed by atoms with Gasteiger partial charge in [-0.15, -0.1) is 0 Å². The molecule has 1 unspecified atom stereocenters. The third kappa shape index (κ3) is 1.96. The molecule has 1 heterocycles. The fourth-order valence-electron chi connectivity index (χ4n) is 1.72. The molecule has 2 aromatic rings. The van der Waals surface area contributed by atoms with Gasteiger partial charge in [-0.05, 0) is 30.2 Å². The largest absolute Gasteiger partial charge is 0.319 e. The number of nitrogens with two attached hydrogens (primary N) is 1. The van der Waals surface area contributed by atoms with E-state index in [2.05, 4.69) is 5.10 Å². The van der Waals surface area contributed by atoms with E-state index in [1.165, 1.54) is 0 Å². The van der Waals surface area contributed by atoms with E-state index in [0.717, 1.165) is 21.8 Å². The van der Waals surface area contributed by atoms with E-state index < -0.39 is 0 Å². The van der Waals surface area contributed by atoms with Gasteiger partial charge in [0.2, 0.25) is 0 Å². The van der Waals surface area contributed by atoms with Crippen molar-refractivity contribution in [1.82, 2.24) is 9.78 Å². The first-order valence-corrected chi connectivity index (χ1v) is 5.47. The fourth-order valence-corrected chi connectivity index (χ4v) is 1.90. The predicted octanol–water partition coefficient (Wildman–Crippen LogP) is 2.43. The zero-order valence-corrected chi connectivity index (χ0v) is 10.1. The molecule has 0 aliphatic heterocycles. The summed E-state index contributed by atoms with van der Waals surface area (Å²) >= 11 is 6.07. The Morgan fingerprint density at radius 3 is 2.75 bits per heavy atom. The first-order valence-electron chi connectivity index (χ1n) is 5.09. The van der Waals surface area contributed by atoms with E-state index in [1.807, 2.05) is 44.4 Å². The van der Waals surface area contributed by atoms with Crippen LogP contribution in [-0.2, 0) is 7.05 Å². The maximum atomic E-state index is 6.16. The van der Waals surface area contributed by atoms with Crippen molar-refractivity contribution in [1.29, 1.82) is 0 Å². The average Bonchev–Trinajstić information content (AvgIpc) is 2.68. The molecule has 0 fully saturated rings. The van der Waals surface area contributed by atoms with E-state index in [1.54, 1.807) is 4.68 Å². The molecular weight excluding hydrogens is 222 g/mol. The molecular formula is C12H14ClN3. The second-order valence-electron chi connectivity index (χ2n) is 3.85. The summed E-state index contributed by atoms with van der Waals surface area (Å²) in [7, 11) is 1.88. The van der Waals surface area contributed by atoms with Crippen LogP contribution in [0.25, 0.3) is 0 Å². The van der Waals surface area contributed by atoms with Crippen molar-refractivity contribution in [2.24, 2.45) is 12.8 Å². The number of nitrogens with zero attached hydrogens (tertiary/aromatic N) is 2. The number of rotatable bonds is 2. The molecule has 4 heteroatoms. The Balaban J connectivity index is 2.41. The van der Waals surface area contributed by atoms with Crippen LogP contribution >= 0.6 is 11.6 Å². The van der Waals surface area contributed by atoms with E-state index in [9.17, 15) is 0 Å². The van der Waals surface area contributed by atoms with E-state index >= 15 is 0 Å². The minimum atomic E-state index is -0.222. The molecule has 0 saturated heterocycles. The summed E-state index contributed by atoms with van der Waals surface area (Å²) in [5.41, 5.74) is 9.06. The lowest BCUT2D eigenvalue weighted by molar-refractivity contribution is 0.714. The Kier molecular flexibility index (Phi) is 2.99. The highest BCUT2D eigenvalue weighted by Gasteiger charge is 2.14. The van der Waals surface area contributed by atoms with Gasteiger partial charge in [-0.1, -0.05) is 23.7 Å². The summed E-state index contributed by atoms with van der Waals surface area (Å²) < 4.78 is 1.75. The van der Waals surface area contributed by atoms with Crippen LogP contribution in [-0.4, -0.2) is 9.78 Å². The third-order valence-corrected chi connectivity index (χ3v) is 3.11. The molecule has 0 bridgehead atoms. The van der Waals surface area contributed by atoms with Crippen molar-refractivity contribution in [2.75, 3.05) is 0 Å². The van der Waals surface area contributed by atoms with Crippen LogP contribution in [0.5, 0.6) is 0 Å². The molecule has 0 amide bonds. The van der Waals surface area contributed by atoms with Gasteiger partial charge in [-0.3, -0.25) is 4.68 Å². The molecule has 2 rings (SSSR count). The Labute approximate surface area is 99.8 Å². The van der Waals surface area contributed by atoms with Crippen LogP contribution < -0.4 is 5.73 Å². The Bertz CT molecular complexity index is 505. The third-order valence-electron chi connectivity index (χ3n) is 2.70. The maximum Gasteiger partial charge on any atom is 0.0837 e. The number of halogens is 1. The van der Waals surface area contributed by atoms with Crippen molar-refractivity contribution in [2.45, 2.75) is 13.0 Å². The van der Waals surface area contributed by atoms with Gasteiger partial charge in [-0.2, -0.15) is 5.10 Å². The van der Waals surface area contributed by atoms with Gasteiger partial charge >= 0.3 is 0 Å². The standard InChI is InChI=1S/C12H14ClN3/c1-8-9(4-3-5-10(8)13)12(14)11-6-7-16(2)15-11/h3-7,12H,14H2,1-2H3. The number of hydrogen-bond donors (Lipinski definition) is 1. The van der Waals surface area contributed by atoms with Crippen LogP contribution in [0.4, 0.5) is 0 Å². The van der Waals surface area contributed by atoms with Crippen LogP contribution in [0.15, 0.2) is 30.5 Å². The molecule has 0 aliphatic carbocycles. The second kappa shape index (κ2) is 4.28. The molecule has 0 aliphatic rings. The fraction of sp³-hybridized carbons (Fsp3) is 0.250. The monoisotopic (exact) mass is 235 g/mol. The van der Waals surface area contributed by atoms with Crippen LogP contribution in [0.2, 0.25) is 5.02 Å². The smallest absolute Gasteiger partial charge is 0.0837 e. The Morgan fingerprint density at radius 1 is 1.38 bits per heavy atom. The lowest BCUT2D eigenvalue weighted by Gasteiger charge is -2.13. The molecule has 16 heavy (non-hydrogen) atoms. The minimum absolute atomic E-state index is 0.222. The predicted molar refractivity (Wildman–Crippen MR) is 65.4 cm³/mol. The summed E-state index contributed by atoms with van der Waals surface area (Å²) in [5, 5.41) is 5.05. The summed E-state index contributed by atoms with van der Waals surface area (Å²) in [6, 6.07) is 7.46. The van der Waals surface area contributed by atoms with Crippen molar-refractivity contribution in [3.63, 3.8) is 0 Å². The molecule has 2 N–H and O–H groups in total. The molecule has 1 aromatic carbocycles.